The number of benzene rings is 1. The van der Waals surface area contributed by atoms with Gasteiger partial charge in [0.1, 0.15) is 0 Å². The van der Waals surface area contributed by atoms with E-state index < -0.39 is 17.4 Å². The van der Waals surface area contributed by atoms with Gasteiger partial charge in [0.15, 0.2) is 0 Å². The van der Waals surface area contributed by atoms with Crippen molar-refractivity contribution in [3.05, 3.63) is 29.8 Å². The molecule has 1 aromatic rings. The Morgan fingerprint density at radius 2 is 2.05 bits per heavy atom. The number of aliphatic carboxylic acids is 1. The fraction of sp³-hybridized carbons (Fsp3) is 0.429. The lowest BCUT2D eigenvalue weighted by Gasteiger charge is -2.19. The molecule has 0 spiro atoms. The smallest absolute Gasteiger partial charge is 0.319 e. The molecule has 0 aliphatic rings. The Balaban J connectivity index is 2.54. The van der Waals surface area contributed by atoms with Gasteiger partial charge in [-0.25, -0.2) is 4.79 Å². The van der Waals surface area contributed by atoms with E-state index in [4.69, 9.17) is 9.84 Å². The van der Waals surface area contributed by atoms with Gasteiger partial charge >= 0.3 is 12.0 Å². The highest BCUT2D eigenvalue weighted by Gasteiger charge is 2.27. The monoisotopic (exact) mass is 280 g/mol. The van der Waals surface area contributed by atoms with Crippen molar-refractivity contribution in [2.45, 2.75) is 20.5 Å². The van der Waals surface area contributed by atoms with Gasteiger partial charge in [-0.2, -0.15) is 0 Å². The second kappa shape index (κ2) is 6.91. The van der Waals surface area contributed by atoms with Crippen molar-refractivity contribution in [3.8, 4) is 0 Å². The summed E-state index contributed by atoms with van der Waals surface area (Å²) in [6, 6.07) is 6.81. The van der Waals surface area contributed by atoms with E-state index >= 15 is 0 Å². The summed E-state index contributed by atoms with van der Waals surface area (Å²) in [5.74, 6) is -0.958. The minimum Gasteiger partial charge on any atom is -0.481 e. The van der Waals surface area contributed by atoms with Gasteiger partial charge in [0.25, 0.3) is 0 Å². The van der Waals surface area contributed by atoms with Gasteiger partial charge in [-0.1, -0.05) is 12.1 Å². The van der Waals surface area contributed by atoms with E-state index in [2.05, 4.69) is 10.6 Å². The summed E-state index contributed by atoms with van der Waals surface area (Å²) >= 11 is 0. The topological polar surface area (TPSA) is 87.7 Å². The van der Waals surface area contributed by atoms with Crippen molar-refractivity contribution in [1.82, 2.24) is 5.32 Å². The number of hydrogen-bond acceptors (Lipinski definition) is 3. The van der Waals surface area contributed by atoms with Gasteiger partial charge in [-0.15, -0.1) is 0 Å². The summed E-state index contributed by atoms with van der Waals surface area (Å²) in [6.45, 7) is 3.61. The third kappa shape index (κ3) is 4.89. The third-order valence-electron chi connectivity index (χ3n) is 2.77. The number of hydrogen-bond donors (Lipinski definition) is 3. The van der Waals surface area contributed by atoms with Gasteiger partial charge in [0.05, 0.1) is 12.0 Å². The van der Waals surface area contributed by atoms with Crippen LogP contribution in [-0.2, 0) is 16.1 Å². The number of carbonyl (C=O) groups excluding carboxylic acids is 1. The number of carboxylic acids is 1. The van der Waals surface area contributed by atoms with Gasteiger partial charge in [-0.05, 0) is 31.5 Å². The van der Waals surface area contributed by atoms with Gasteiger partial charge in [-0.3, -0.25) is 4.79 Å². The molecule has 0 aliphatic carbocycles. The highest BCUT2D eigenvalue weighted by Crippen LogP contribution is 2.14. The number of anilines is 1. The number of methoxy groups -OCH3 is 1. The zero-order valence-corrected chi connectivity index (χ0v) is 11.9. The molecular weight excluding hydrogens is 260 g/mol. The molecule has 0 fully saturated rings. The van der Waals surface area contributed by atoms with Gasteiger partial charge in [0.2, 0.25) is 0 Å². The lowest BCUT2D eigenvalue weighted by atomic mass is 9.94. The van der Waals surface area contributed by atoms with Crippen molar-refractivity contribution in [2.24, 2.45) is 5.41 Å². The minimum atomic E-state index is -1.00. The second-order valence-electron chi connectivity index (χ2n) is 5.13. The molecule has 110 valence electrons. The maximum absolute atomic E-state index is 11.7. The van der Waals surface area contributed by atoms with Crippen molar-refractivity contribution < 1.29 is 19.4 Å². The molecule has 2 amide bonds. The number of nitrogens with one attached hydrogen (secondary N) is 2. The summed E-state index contributed by atoms with van der Waals surface area (Å²) in [5.41, 5.74) is 0.566. The Hall–Kier alpha value is -2.08. The third-order valence-corrected chi connectivity index (χ3v) is 2.77. The Kier molecular flexibility index (Phi) is 5.52. The first-order valence-electron chi connectivity index (χ1n) is 6.21. The predicted molar refractivity (Wildman–Crippen MR) is 75.6 cm³/mol. The molecule has 0 heterocycles. The quantitative estimate of drug-likeness (QED) is 0.744. The van der Waals surface area contributed by atoms with E-state index in [1.807, 2.05) is 12.1 Å². The predicted octanol–water partition coefficient (Wildman–Crippen LogP) is 2.07. The zero-order chi connectivity index (χ0) is 15.2. The number of rotatable bonds is 6. The summed E-state index contributed by atoms with van der Waals surface area (Å²) < 4.78 is 5.01. The number of carboxylic acid groups (broad SMARTS) is 1. The Morgan fingerprint density at radius 1 is 1.35 bits per heavy atom. The highest BCUT2D eigenvalue weighted by atomic mass is 16.5. The van der Waals surface area contributed by atoms with Crippen LogP contribution in [0, 0.1) is 5.41 Å². The first kappa shape index (κ1) is 16.0. The standard InChI is InChI=1S/C14H20N2O4/c1-14(2,12(17)18)9-15-13(19)16-11-6-4-5-10(7-11)8-20-3/h4-7H,8-9H2,1-3H3,(H,17,18)(H2,15,16,19). The largest absolute Gasteiger partial charge is 0.481 e. The number of urea groups is 1. The van der Waals surface area contributed by atoms with Crippen LogP contribution in [0.4, 0.5) is 10.5 Å². The molecular formula is C14H20N2O4. The van der Waals surface area contributed by atoms with Crippen LogP contribution in [0.3, 0.4) is 0 Å². The molecule has 0 saturated carbocycles. The van der Waals surface area contributed by atoms with Crippen molar-refractivity contribution >= 4 is 17.7 Å². The van der Waals surface area contributed by atoms with E-state index in [1.54, 1.807) is 33.1 Å². The van der Waals surface area contributed by atoms with Crippen LogP contribution in [0.2, 0.25) is 0 Å². The first-order valence-corrected chi connectivity index (χ1v) is 6.21. The molecule has 0 radical (unpaired) electrons. The molecule has 3 N–H and O–H groups in total. The van der Waals surface area contributed by atoms with Crippen LogP contribution in [0.15, 0.2) is 24.3 Å². The average Bonchev–Trinajstić information content (AvgIpc) is 2.37. The molecule has 0 atom stereocenters. The van der Waals surface area contributed by atoms with Crippen LogP contribution in [0.5, 0.6) is 0 Å². The Bertz CT molecular complexity index is 486. The molecule has 0 bridgehead atoms. The molecule has 0 saturated heterocycles. The van der Waals surface area contributed by atoms with Crippen LogP contribution >= 0.6 is 0 Å². The van der Waals surface area contributed by atoms with Crippen LogP contribution < -0.4 is 10.6 Å². The minimum absolute atomic E-state index is 0.0475. The normalized spacial score (nSPS) is 10.9. The SMILES string of the molecule is COCc1cccc(NC(=O)NCC(C)(C)C(=O)O)c1. The molecule has 20 heavy (non-hydrogen) atoms. The summed E-state index contributed by atoms with van der Waals surface area (Å²) in [4.78, 5) is 22.6. The van der Waals surface area contributed by atoms with E-state index in [-0.39, 0.29) is 6.54 Å². The van der Waals surface area contributed by atoms with Gasteiger partial charge < -0.3 is 20.5 Å². The van der Waals surface area contributed by atoms with E-state index in [0.717, 1.165) is 5.56 Å². The van der Waals surface area contributed by atoms with E-state index in [1.165, 1.54) is 0 Å². The van der Waals surface area contributed by atoms with Crippen LogP contribution in [0.25, 0.3) is 0 Å². The van der Waals surface area contributed by atoms with Crippen molar-refractivity contribution in [1.29, 1.82) is 0 Å². The molecule has 1 aromatic carbocycles. The van der Waals surface area contributed by atoms with Crippen LogP contribution in [0.1, 0.15) is 19.4 Å². The van der Waals surface area contributed by atoms with Crippen molar-refractivity contribution in [2.75, 3.05) is 19.0 Å². The molecule has 0 aromatic heterocycles. The molecule has 1 rings (SSSR count). The van der Waals surface area contributed by atoms with E-state index in [9.17, 15) is 9.59 Å². The molecule has 0 unspecified atom stereocenters. The first-order chi connectivity index (χ1) is 9.35. The molecule has 0 aliphatic heterocycles. The van der Waals surface area contributed by atoms with Crippen molar-refractivity contribution in [3.63, 3.8) is 0 Å². The summed E-state index contributed by atoms with van der Waals surface area (Å²) in [5, 5.41) is 14.1. The van der Waals surface area contributed by atoms with Crippen LogP contribution in [-0.4, -0.2) is 30.8 Å². The Labute approximate surface area is 118 Å². The summed E-state index contributed by atoms with van der Waals surface area (Å²) in [6.07, 6.45) is 0. The average molecular weight is 280 g/mol. The lowest BCUT2D eigenvalue weighted by Crippen LogP contribution is -2.40. The fourth-order valence-corrected chi connectivity index (χ4v) is 1.46. The maximum atomic E-state index is 11.7. The molecule has 6 heteroatoms. The second-order valence-corrected chi connectivity index (χ2v) is 5.13. The fourth-order valence-electron chi connectivity index (χ4n) is 1.46. The summed E-state index contributed by atoms with van der Waals surface area (Å²) in [7, 11) is 1.60. The maximum Gasteiger partial charge on any atom is 0.319 e. The number of amides is 2. The highest BCUT2D eigenvalue weighted by molar-refractivity contribution is 5.89. The molecule has 6 nitrogen and oxygen atoms in total. The lowest BCUT2D eigenvalue weighted by molar-refractivity contribution is -0.146. The number of carbonyl (C=O) groups is 2. The zero-order valence-electron chi connectivity index (χ0n) is 11.9. The Morgan fingerprint density at radius 3 is 2.65 bits per heavy atom. The van der Waals surface area contributed by atoms with E-state index in [0.29, 0.717) is 12.3 Å². The number of ether oxygens (including phenoxy) is 1. The van der Waals surface area contributed by atoms with Gasteiger partial charge in [0, 0.05) is 19.3 Å².